The highest BCUT2D eigenvalue weighted by Gasteiger charge is 2.20. The van der Waals surface area contributed by atoms with Gasteiger partial charge in [0.25, 0.3) is 0 Å². The molecule has 2 rings (SSSR count). The van der Waals surface area contributed by atoms with E-state index < -0.39 is 0 Å². The number of aryl methyl sites for hydroxylation is 1. The van der Waals surface area contributed by atoms with E-state index in [0.29, 0.717) is 23.1 Å². The van der Waals surface area contributed by atoms with Crippen LogP contribution in [0.3, 0.4) is 0 Å². The lowest BCUT2D eigenvalue weighted by atomic mass is 10.1. The van der Waals surface area contributed by atoms with Crippen LogP contribution >= 0.6 is 11.3 Å². The predicted octanol–water partition coefficient (Wildman–Crippen LogP) is 3.89. The van der Waals surface area contributed by atoms with Crippen molar-refractivity contribution >= 4 is 23.3 Å². The van der Waals surface area contributed by atoms with Gasteiger partial charge in [-0.05, 0) is 51.3 Å². The SMILES string of the molecule is CCCOc1cccc(CCNC(=NC)NC(C)c2nc(C)c(C(=O)OCC)s2)c1. The van der Waals surface area contributed by atoms with Crippen LogP contribution in [0.25, 0.3) is 0 Å². The third-order valence-electron chi connectivity index (χ3n) is 4.30. The Balaban J connectivity index is 1.89. The molecule has 7 nitrogen and oxygen atoms in total. The zero-order valence-corrected chi connectivity index (χ0v) is 19.3. The Labute approximate surface area is 182 Å². The summed E-state index contributed by atoms with van der Waals surface area (Å²) in [6, 6.07) is 8.07. The van der Waals surface area contributed by atoms with Gasteiger partial charge in [-0.3, -0.25) is 4.99 Å². The van der Waals surface area contributed by atoms with E-state index in [9.17, 15) is 4.79 Å². The topological polar surface area (TPSA) is 84.8 Å². The molecule has 164 valence electrons. The number of guanidine groups is 1. The molecule has 1 aromatic heterocycles. The monoisotopic (exact) mass is 432 g/mol. The van der Waals surface area contributed by atoms with E-state index >= 15 is 0 Å². The first kappa shape index (κ1) is 23.7. The first-order valence-electron chi connectivity index (χ1n) is 10.3. The second-order valence-electron chi connectivity index (χ2n) is 6.80. The van der Waals surface area contributed by atoms with Crippen LogP contribution in [-0.2, 0) is 11.2 Å². The number of benzene rings is 1. The molecule has 0 aliphatic rings. The van der Waals surface area contributed by atoms with Crippen LogP contribution in [0, 0.1) is 6.92 Å². The van der Waals surface area contributed by atoms with E-state index in [1.165, 1.54) is 16.9 Å². The number of carbonyl (C=O) groups excluding carboxylic acids is 1. The number of thiazole rings is 1. The molecule has 0 fully saturated rings. The van der Waals surface area contributed by atoms with E-state index in [1.807, 2.05) is 26.0 Å². The molecule has 0 radical (unpaired) electrons. The Hall–Kier alpha value is -2.61. The number of aromatic nitrogens is 1. The molecule has 0 bridgehead atoms. The average molecular weight is 433 g/mol. The third kappa shape index (κ3) is 7.02. The third-order valence-corrected chi connectivity index (χ3v) is 5.62. The lowest BCUT2D eigenvalue weighted by Crippen LogP contribution is -2.39. The van der Waals surface area contributed by atoms with Gasteiger partial charge >= 0.3 is 5.97 Å². The van der Waals surface area contributed by atoms with Crippen molar-refractivity contribution in [3.63, 3.8) is 0 Å². The summed E-state index contributed by atoms with van der Waals surface area (Å²) in [7, 11) is 1.73. The van der Waals surface area contributed by atoms with Crippen molar-refractivity contribution in [3.05, 3.63) is 45.4 Å². The van der Waals surface area contributed by atoms with Crippen molar-refractivity contribution < 1.29 is 14.3 Å². The van der Waals surface area contributed by atoms with Gasteiger partial charge in [0.05, 0.1) is 24.9 Å². The van der Waals surface area contributed by atoms with Crippen molar-refractivity contribution in [3.8, 4) is 5.75 Å². The molecule has 0 aliphatic heterocycles. The molecule has 0 spiro atoms. The second-order valence-corrected chi connectivity index (χ2v) is 7.83. The lowest BCUT2D eigenvalue weighted by molar-refractivity contribution is 0.0531. The summed E-state index contributed by atoms with van der Waals surface area (Å²) >= 11 is 1.35. The number of esters is 1. The number of rotatable bonds is 10. The molecule has 1 unspecified atom stereocenters. The standard InChI is InChI=1S/C22H32N4O3S/c1-6-13-29-18-10-8-9-17(14-18)11-12-24-22(23-5)26-16(4)20-25-15(3)19(30-20)21(27)28-7-2/h8-10,14,16H,6-7,11-13H2,1-5H3,(H2,23,24,26). The van der Waals surface area contributed by atoms with Gasteiger partial charge in [-0.25, -0.2) is 9.78 Å². The summed E-state index contributed by atoms with van der Waals surface area (Å²) in [6.45, 7) is 9.52. The van der Waals surface area contributed by atoms with Gasteiger partial charge in [-0.2, -0.15) is 0 Å². The van der Waals surface area contributed by atoms with E-state index in [1.54, 1.807) is 14.0 Å². The van der Waals surface area contributed by atoms with Crippen LogP contribution in [0.5, 0.6) is 5.75 Å². The summed E-state index contributed by atoms with van der Waals surface area (Å²) in [6.07, 6.45) is 1.84. The summed E-state index contributed by atoms with van der Waals surface area (Å²) < 4.78 is 10.8. The van der Waals surface area contributed by atoms with Crippen molar-refractivity contribution in [1.29, 1.82) is 0 Å². The first-order chi connectivity index (χ1) is 14.5. The molecular weight excluding hydrogens is 400 g/mol. The zero-order valence-electron chi connectivity index (χ0n) is 18.4. The fraction of sp³-hybridized carbons (Fsp3) is 0.500. The molecule has 0 amide bonds. The quantitative estimate of drug-likeness (QED) is 0.337. The highest BCUT2D eigenvalue weighted by Crippen LogP contribution is 2.24. The molecule has 0 aliphatic carbocycles. The first-order valence-corrected chi connectivity index (χ1v) is 11.1. The summed E-state index contributed by atoms with van der Waals surface area (Å²) in [5, 5.41) is 7.48. The van der Waals surface area contributed by atoms with Crippen LogP contribution in [0.1, 0.15) is 59.2 Å². The Morgan fingerprint density at radius 3 is 2.83 bits per heavy atom. The molecule has 0 saturated carbocycles. The van der Waals surface area contributed by atoms with Crippen LogP contribution in [-0.4, -0.2) is 43.7 Å². The van der Waals surface area contributed by atoms with Crippen LogP contribution in [0.15, 0.2) is 29.3 Å². The number of nitrogens with zero attached hydrogens (tertiary/aromatic N) is 2. The Kier molecular flexibility index (Phi) is 9.60. The number of carbonyl (C=O) groups is 1. The normalized spacial score (nSPS) is 12.4. The number of nitrogens with one attached hydrogen (secondary N) is 2. The van der Waals surface area contributed by atoms with Gasteiger partial charge in [0.2, 0.25) is 0 Å². The molecular formula is C22H32N4O3S. The van der Waals surface area contributed by atoms with Gasteiger partial charge in [-0.1, -0.05) is 19.1 Å². The number of aliphatic imine (C=N–C) groups is 1. The molecule has 1 heterocycles. The van der Waals surface area contributed by atoms with Gasteiger partial charge < -0.3 is 20.1 Å². The van der Waals surface area contributed by atoms with Crippen LogP contribution < -0.4 is 15.4 Å². The lowest BCUT2D eigenvalue weighted by Gasteiger charge is -2.16. The highest BCUT2D eigenvalue weighted by atomic mass is 32.1. The molecule has 1 aromatic carbocycles. The molecule has 2 aromatic rings. The maximum atomic E-state index is 12.0. The highest BCUT2D eigenvalue weighted by molar-refractivity contribution is 7.13. The summed E-state index contributed by atoms with van der Waals surface area (Å²) in [5.41, 5.74) is 1.89. The van der Waals surface area contributed by atoms with E-state index in [-0.39, 0.29) is 12.0 Å². The molecule has 2 N–H and O–H groups in total. The van der Waals surface area contributed by atoms with E-state index in [4.69, 9.17) is 9.47 Å². The van der Waals surface area contributed by atoms with Crippen molar-refractivity contribution in [2.45, 2.75) is 46.6 Å². The minimum Gasteiger partial charge on any atom is -0.494 e. The average Bonchev–Trinajstić information content (AvgIpc) is 3.14. The minimum atomic E-state index is -0.321. The van der Waals surface area contributed by atoms with E-state index in [0.717, 1.165) is 36.8 Å². The van der Waals surface area contributed by atoms with Crippen molar-refractivity contribution in [2.24, 2.45) is 4.99 Å². The van der Waals surface area contributed by atoms with Gasteiger partial charge in [0, 0.05) is 13.6 Å². The van der Waals surface area contributed by atoms with Crippen LogP contribution in [0.4, 0.5) is 0 Å². The molecule has 8 heteroatoms. The van der Waals surface area contributed by atoms with Crippen molar-refractivity contribution in [2.75, 3.05) is 26.8 Å². The number of ether oxygens (including phenoxy) is 2. The largest absolute Gasteiger partial charge is 0.494 e. The zero-order chi connectivity index (χ0) is 21.9. The molecule has 0 saturated heterocycles. The predicted molar refractivity (Wildman–Crippen MR) is 122 cm³/mol. The van der Waals surface area contributed by atoms with Crippen LogP contribution in [0.2, 0.25) is 0 Å². The summed E-state index contributed by atoms with van der Waals surface area (Å²) in [5.74, 6) is 1.27. The fourth-order valence-corrected chi connectivity index (χ4v) is 3.75. The van der Waals surface area contributed by atoms with Gasteiger partial charge in [0.1, 0.15) is 15.6 Å². The Morgan fingerprint density at radius 2 is 2.13 bits per heavy atom. The number of hydrogen-bond acceptors (Lipinski definition) is 6. The maximum absolute atomic E-state index is 12.0. The Bertz CT molecular complexity index is 851. The molecule has 30 heavy (non-hydrogen) atoms. The van der Waals surface area contributed by atoms with Gasteiger partial charge in [0.15, 0.2) is 5.96 Å². The Morgan fingerprint density at radius 1 is 1.33 bits per heavy atom. The fourth-order valence-electron chi connectivity index (χ4n) is 2.79. The smallest absolute Gasteiger partial charge is 0.350 e. The summed E-state index contributed by atoms with van der Waals surface area (Å²) in [4.78, 5) is 21.4. The van der Waals surface area contributed by atoms with E-state index in [2.05, 4.69) is 39.7 Å². The van der Waals surface area contributed by atoms with Crippen molar-refractivity contribution in [1.82, 2.24) is 15.6 Å². The minimum absolute atomic E-state index is 0.0890. The second kappa shape index (κ2) is 12.2. The molecule has 1 atom stereocenters. The number of hydrogen-bond donors (Lipinski definition) is 2. The maximum Gasteiger partial charge on any atom is 0.350 e. The van der Waals surface area contributed by atoms with Gasteiger partial charge in [-0.15, -0.1) is 11.3 Å².